The van der Waals surface area contributed by atoms with Gasteiger partial charge in [-0.2, -0.15) is 0 Å². The normalized spacial score (nSPS) is 22.9. The first-order chi connectivity index (χ1) is 8.56. The lowest BCUT2D eigenvalue weighted by molar-refractivity contribution is 0.153. The highest BCUT2D eigenvalue weighted by atomic mass is 79.9. The molecule has 0 bridgehead atoms. The zero-order valence-corrected chi connectivity index (χ0v) is 12.4. The van der Waals surface area contributed by atoms with Crippen LogP contribution in [0.1, 0.15) is 25.3 Å². The van der Waals surface area contributed by atoms with Gasteiger partial charge in [0.25, 0.3) is 0 Å². The van der Waals surface area contributed by atoms with Crippen molar-refractivity contribution in [1.82, 2.24) is 4.90 Å². The van der Waals surface area contributed by atoms with Crippen molar-refractivity contribution >= 4 is 15.9 Å². The first-order valence-electron chi connectivity index (χ1n) is 6.51. The third-order valence-electron chi connectivity index (χ3n) is 3.72. The molecule has 1 aliphatic rings. The van der Waals surface area contributed by atoms with Crippen molar-refractivity contribution in [2.45, 2.75) is 32.4 Å². The molecule has 1 aliphatic heterocycles. The molecule has 0 saturated carbocycles. The summed E-state index contributed by atoms with van der Waals surface area (Å²) in [5.74, 6) is 0.953. The second-order valence-corrected chi connectivity index (χ2v) is 6.19. The Labute approximate surface area is 117 Å². The SMILES string of the molecule is CC(N)C1CCCN(Cc2cc(Br)ccc2O)C1. The Morgan fingerprint density at radius 3 is 3.06 bits per heavy atom. The Morgan fingerprint density at radius 1 is 1.56 bits per heavy atom. The number of phenols is 1. The molecular weight excluding hydrogens is 292 g/mol. The molecule has 0 amide bonds. The fraction of sp³-hybridized carbons (Fsp3) is 0.571. The number of likely N-dealkylation sites (tertiary alicyclic amines) is 1. The van der Waals surface area contributed by atoms with Gasteiger partial charge in [-0.05, 0) is 50.4 Å². The Morgan fingerprint density at radius 2 is 2.33 bits per heavy atom. The van der Waals surface area contributed by atoms with Gasteiger partial charge in [0, 0.05) is 29.2 Å². The molecule has 4 heteroatoms. The van der Waals surface area contributed by atoms with E-state index in [2.05, 4.69) is 27.8 Å². The van der Waals surface area contributed by atoms with Gasteiger partial charge >= 0.3 is 0 Å². The number of piperidine rings is 1. The summed E-state index contributed by atoms with van der Waals surface area (Å²) in [5.41, 5.74) is 6.97. The van der Waals surface area contributed by atoms with Crippen molar-refractivity contribution in [3.8, 4) is 5.75 Å². The van der Waals surface area contributed by atoms with E-state index in [1.807, 2.05) is 12.1 Å². The minimum Gasteiger partial charge on any atom is -0.508 e. The number of rotatable bonds is 3. The summed E-state index contributed by atoms with van der Waals surface area (Å²) >= 11 is 3.45. The van der Waals surface area contributed by atoms with Crippen molar-refractivity contribution in [2.24, 2.45) is 11.7 Å². The second kappa shape index (κ2) is 6.04. The minimum atomic E-state index is 0.254. The largest absolute Gasteiger partial charge is 0.508 e. The van der Waals surface area contributed by atoms with E-state index < -0.39 is 0 Å². The molecule has 3 nitrogen and oxygen atoms in total. The van der Waals surface area contributed by atoms with Gasteiger partial charge in [-0.1, -0.05) is 15.9 Å². The average Bonchev–Trinajstić information content (AvgIpc) is 2.34. The van der Waals surface area contributed by atoms with Crippen LogP contribution in [0.25, 0.3) is 0 Å². The molecule has 1 aromatic rings. The molecular formula is C14H21BrN2O. The maximum absolute atomic E-state index is 9.87. The Kier molecular flexibility index (Phi) is 4.65. The van der Waals surface area contributed by atoms with Crippen LogP contribution in [-0.4, -0.2) is 29.1 Å². The molecule has 0 aliphatic carbocycles. The molecule has 100 valence electrons. The van der Waals surface area contributed by atoms with E-state index in [0.29, 0.717) is 11.7 Å². The molecule has 1 heterocycles. The van der Waals surface area contributed by atoms with E-state index in [1.54, 1.807) is 6.07 Å². The van der Waals surface area contributed by atoms with Gasteiger partial charge < -0.3 is 10.8 Å². The maximum Gasteiger partial charge on any atom is 0.120 e. The van der Waals surface area contributed by atoms with E-state index in [4.69, 9.17) is 5.73 Å². The van der Waals surface area contributed by atoms with E-state index in [9.17, 15) is 5.11 Å². The number of nitrogens with zero attached hydrogens (tertiary/aromatic N) is 1. The summed E-state index contributed by atoms with van der Waals surface area (Å²) in [7, 11) is 0. The molecule has 2 unspecified atom stereocenters. The number of benzene rings is 1. The van der Waals surface area contributed by atoms with Crippen molar-refractivity contribution in [2.75, 3.05) is 13.1 Å². The number of hydrogen-bond donors (Lipinski definition) is 2. The van der Waals surface area contributed by atoms with Crippen LogP contribution < -0.4 is 5.73 Å². The maximum atomic E-state index is 9.87. The number of nitrogens with two attached hydrogens (primary N) is 1. The van der Waals surface area contributed by atoms with E-state index in [0.717, 1.165) is 29.7 Å². The highest BCUT2D eigenvalue weighted by Crippen LogP contribution is 2.26. The molecule has 1 saturated heterocycles. The number of hydrogen-bond acceptors (Lipinski definition) is 3. The Bertz CT molecular complexity index is 409. The zero-order valence-electron chi connectivity index (χ0n) is 10.8. The van der Waals surface area contributed by atoms with Crippen molar-refractivity contribution in [1.29, 1.82) is 0 Å². The molecule has 18 heavy (non-hydrogen) atoms. The van der Waals surface area contributed by atoms with E-state index in [-0.39, 0.29) is 6.04 Å². The highest BCUT2D eigenvalue weighted by molar-refractivity contribution is 9.10. The molecule has 0 aromatic heterocycles. The second-order valence-electron chi connectivity index (χ2n) is 5.27. The standard InChI is InChI=1S/C14H21BrN2O/c1-10(16)11-3-2-6-17(8-11)9-12-7-13(15)4-5-14(12)18/h4-5,7,10-11,18H,2-3,6,8-9,16H2,1H3. The fourth-order valence-electron chi connectivity index (χ4n) is 2.59. The van der Waals surface area contributed by atoms with Crippen LogP contribution in [0.3, 0.4) is 0 Å². The molecule has 1 fully saturated rings. The van der Waals surface area contributed by atoms with Crippen molar-refractivity contribution in [3.05, 3.63) is 28.2 Å². The Balaban J connectivity index is 2.02. The van der Waals surface area contributed by atoms with Crippen LogP contribution in [0.2, 0.25) is 0 Å². The van der Waals surface area contributed by atoms with Crippen LogP contribution >= 0.6 is 15.9 Å². The lowest BCUT2D eigenvalue weighted by Crippen LogP contribution is -2.41. The third-order valence-corrected chi connectivity index (χ3v) is 4.21. The molecule has 0 radical (unpaired) electrons. The predicted molar refractivity (Wildman–Crippen MR) is 77.5 cm³/mol. The van der Waals surface area contributed by atoms with E-state index >= 15 is 0 Å². The zero-order chi connectivity index (χ0) is 13.1. The lowest BCUT2D eigenvalue weighted by Gasteiger charge is -2.34. The average molecular weight is 313 g/mol. The quantitative estimate of drug-likeness (QED) is 0.902. The topological polar surface area (TPSA) is 49.5 Å². The Hall–Kier alpha value is -0.580. The minimum absolute atomic E-state index is 0.254. The summed E-state index contributed by atoms with van der Waals surface area (Å²) in [4.78, 5) is 2.39. The molecule has 3 N–H and O–H groups in total. The molecule has 2 atom stereocenters. The molecule has 1 aromatic carbocycles. The monoisotopic (exact) mass is 312 g/mol. The van der Waals surface area contributed by atoms with Gasteiger partial charge in [-0.3, -0.25) is 4.90 Å². The van der Waals surface area contributed by atoms with Crippen LogP contribution in [0.4, 0.5) is 0 Å². The van der Waals surface area contributed by atoms with Crippen molar-refractivity contribution < 1.29 is 5.11 Å². The number of aromatic hydroxyl groups is 1. The van der Waals surface area contributed by atoms with Gasteiger partial charge in [0.05, 0.1) is 0 Å². The van der Waals surface area contributed by atoms with Crippen LogP contribution in [0, 0.1) is 5.92 Å². The van der Waals surface area contributed by atoms with Crippen LogP contribution in [0.15, 0.2) is 22.7 Å². The summed E-state index contributed by atoms with van der Waals surface area (Å²) in [5, 5.41) is 9.87. The number of phenolic OH excluding ortho intramolecular Hbond substituents is 1. The summed E-state index contributed by atoms with van der Waals surface area (Å²) in [6.45, 7) is 5.01. The lowest BCUT2D eigenvalue weighted by atomic mass is 9.92. The fourth-order valence-corrected chi connectivity index (χ4v) is 2.99. The van der Waals surface area contributed by atoms with Gasteiger partial charge in [0.2, 0.25) is 0 Å². The van der Waals surface area contributed by atoms with Gasteiger partial charge in [-0.15, -0.1) is 0 Å². The van der Waals surface area contributed by atoms with Gasteiger partial charge in [-0.25, -0.2) is 0 Å². The first kappa shape index (κ1) is 13.8. The third kappa shape index (κ3) is 3.46. The predicted octanol–water partition coefficient (Wildman–Crippen LogP) is 2.71. The van der Waals surface area contributed by atoms with Crippen molar-refractivity contribution in [3.63, 3.8) is 0 Å². The molecule has 2 rings (SSSR count). The van der Waals surface area contributed by atoms with Gasteiger partial charge in [0.1, 0.15) is 5.75 Å². The van der Waals surface area contributed by atoms with E-state index in [1.165, 1.54) is 12.8 Å². The number of halogens is 1. The van der Waals surface area contributed by atoms with Gasteiger partial charge in [0.15, 0.2) is 0 Å². The van der Waals surface area contributed by atoms with Crippen LogP contribution in [-0.2, 0) is 6.54 Å². The summed E-state index contributed by atoms with van der Waals surface area (Å²) < 4.78 is 1.01. The summed E-state index contributed by atoms with van der Waals surface area (Å²) in [6, 6.07) is 5.85. The smallest absolute Gasteiger partial charge is 0.120 e. The highest BCUT2D eigenvalue weighted by Gasteiger charge is 2.23. The summed E-state index contributed by atoms with van der Waals surface area (Å²) in [6.07, 6.45) is 2.42. The first-order valence-corrected chi connectivity index (χ1v) is 7.31. The van der Waals surface area contributed by atoms with Crippen LogP contribution in [0.5, 0.6) is 5.75 Å². The molecule has 0 spiro atoms.